The maximum atomic E-state index is 7.07. The first-order chi connectivity index (χ1) is 29.3. The SMILES string of the molecule is Cc1ccccc1N1c2cc(N(c3ccccc3)c3cccc4c3oc3c(C(C)C)cccc34)cc3c2B(c2cccc(C)c21)c1cccc(C)c1N3c1ccccc1C. The molecule has 60 heavy (non-hydrogen) atoms. The highest BCUT2D eigenvalue weighted by atomic mass is 16.3. The molecule has 0 saturated carbocycles. The fraction of sp³-hybridized carbons (Fsp3) is 0.127. The molecule has 0 unspecified atom stereocenters. The highest BCUT2D eigenvalue weighted by Crippen LogP contribution is 2.51. The van der Waals surface area contributed by atoms with Crippen molar-refractivity contribution in [3.05, 3.63) is 192 Å². The summed E-state index contributed by atoms with van der Waals surface area (Å²) in [6.45, 7) is 13.5. The molecule has 0 spiro atoms. The van der Waals surface area contributed by atoms with Crippen LogP contribution in [0.4, 0.5) is 51.2 Å². The van der Waals surface area contributed by atoms with Gasteiger partial charge >= 0.3 is 0 Å². The van der Waals surface area contributed by atoms with Crippen LogP contribution in [-0.2, 0) is 0 Å². The molecule has 9 aromatic rings. The summed E-state index contributed by atoms with van der Waals surface area (Å²) < 4.78 is 7.07. The Bertz CT molecular complexity index is 3040. The summed E-state index contributed by atoms with van der Waals surface area (Å²) >= 11 is 0. The number of furan rings is 1. The monoisotopic (exact) mass is 775 g/mol. The van der Waals surface area contributed by atoms with Gasteiger partial charge in [0.05, 0.1) is 11.4 Å². The van der Waals surface area contributed by atoms with Crippen molar-refractivity contribution in [3.63, 3.8) is 0 Å². The predicted molar refractivity (Wildman–Crippen MR) is 255 cm³/mol. The Morgan fingerprint density at radius 2 is 0.967 bits per heavy atom. The van der Waals surface area contributed by atoms with Crippen LogP contribution in [0.2, 0.25) is 0 Å². The first kappa shape index (κ1) is 36.1. The first-order valence-corrected chi connectivity index (χ1v) is 21.2. The lowest BCUT2D eigenvalue weighted by molar-refractivity contribution is 0.657. The van der Waals surface area contributed by atoms with Gasteiger partial charge in [-0.05, 0) is 120 Å². The van der Waals surface area contributed by atoms with Gasteiger partial charge in [0.15, 0.2) is 5.58 Å². The van der Waals surface area contributed by atoms with Crippen molar-refractivity contribution in [2.24, 2.45) is 0 Å². The van der Waals surface area contributed by atoms with E-state index in [-0.39, 0.29) is 6.71 Å². The Hall–Kier alpha value is -6.98. The van der Waals surface area contributed by atoms with Crippen LogP contribution in [0.3, 0.4) is 0 Å². The average Bonchev–Trinajstić information content (AvgIpc) is 3.65. The van der Waals surface area contributed by atoms with Crippen LogP contribution >= 0.6 is 0 Å². The molecule has 0 bridgehead atoms. The topological polar surface area (TPSA) is 22.9 Å². The van der Waals surface area contributed by atoms with Gasteiger partial charge in [-0.2, -0.15) is 0 Å². The van der Waals surface area contributed by atoms with E-state index in [1.165, 1.54) is 78.3 Å². The molecule has 0 amide bonds. The molecule has 0 radical (unpaired) electrons. The highest BCUT2D eigenvalue weighted by molar-refractivity contribution is 7.00. The minimum Gasteiger partial charge on any atom is -0.454 e. The Kier molecular flexibility index (Phi) is 8.32. The van der Waals surface area contributed by atoms with Crippen LogP contribution < -0.4 is 31.1 Å². The normalized spacial score (nSPS) is 12.9. The van der Waals surface area contributed by atoms with E-state index in [9.17, 15) is 0 Å². The lowest BCUT2D eigenvalue weighted by atomic mass is 9.33. The third-order valence-electron chi connectivity index (χ3n) is 12.9. The summed E-state index contributed by atoms with van der Waals surface area (Å²) in [7, 11) is 0. The van der Waals surface area contributed by atoms with Crippen molar-refractivity contribution in [1.82, 2.24) is 0 Å². The molecule has 290 valence electrons. The number of para-hydroxylation sites is 7. The van der Waals surface area contributed by atoms with Crippen LogP contribution in [0.5, 0.6) is 0 Å². The maximum absolute atomic E-state index is 7.07. The third-order valence-corrected chi connectivity index (χ3v) is 12.9. The van der Waals surface area contributed by atoms with Crippen molar-refractivity contribution >= 4 is 96.2 Å². The summed E-state index contributed by atoms with van der Waals surface area (Å²) in [5.74, 6) is 0.321. The van der Waals surface area contributed by atoms with Gasteiger partial charge in [-0.3, -0.25) is 0 Å². The molecule has 0 aliphatic carbocycles. The van der Waals surface area contributed by atoms with E-state index < -0.39 is 0 Å². The van der Waals surface area contributed by atoms with E-state index in [1.807, 2.05) is 0 Å². The molecule has 11 rings (SSSR count). The molecule has 5 heteroatoms. The number of aryl methyl sites for hydroxylation is 4. The minimum atomic E-state index is 0.0211. The summed E-state index contributed by atoms with van der Waals surface area (Å²) in [4.78, 5) is 7.52. The summed E-state index contributed by atoms with van der Waals surface area (Å²) in [5, 5.41) is 2.26. The smallest absolute Gasteiger partial charge is 0.252 e. The average molecular weight is 776 g/mol. The standard InChI is InChI=1S/C55H46BN3O/c1-34(2)41-24-16-25-42-43-26-17-31-48(55(43)60-54(41)42)57(39-22-8-7-9-23-39)40-32-49-51-50(33-40)59(47-30-13-11-19-36(47)4)53-38(6)21-15-28-45(53)56(51)44-27-14-20-37(5)52(44)58(49)46-29-12-10-18-35(46)3/h7-34H,1-6H3. The molecule has 0 saturated heterocycles. The predicted octanol–water partition coefficient (Wildman–Crippen LogP) is 13.5. The zero-order chi connectivity index (χ0) is 40.8. The fourth-order valence-corrected chi connectivity index (χ4v) is 10.2. The second kappa shape index (κ2) is 13.8. The Balaban J connectivity index is 1.29. The molecule has 0 N–H and O–H groups in total. The lowest BCUT2D eigenvalue weighted by Gasteiger charge is -2.46. The van der Waals surface area contributed by atoms with Gasteiger partial charge in [-0.1, -0.05) is 135 Å². The zero-order valence-corrected chi connectivity index (χ0v) is 35.0. The molecular weight excluding hydrogens is 729 g/mol. The van der Waals surface area contributed by atoms with E-state index in [2.05, 4.69) is 220 Å². The van der Waals surface area contributed by atoms with Crippen molar-refractivity contribution in [2.45, 2.75) is 47.5 Å². The number of nitrogens with zero attached hydrogens (tertiary/aromatic N) is 3. The van der Waals surface area contributed by atoms with Gasteiger partial charge in [0, 0.05) is 50.6 Å². The van der Waals surface area contributed by atoms with Crippen LogP contribution in [0.25, 0.3) is 21.9 Å². The minimum absolute atomic E-state index is 0.0211. The first-order valence-electron chi connectivity index (χ1n) is 21.2. The lowest BCUT2D eigenvalue weighted by Crippen LogP contribution is -2.61. The van der Waals surface area contributed by atoms with E-state index in [1.54, 1.807) is 0 Å². The second-order valence-electron chi connectivity index (χ2n) is 16.9. The Morgan fingerprint density at radius 3 is 1.53 bits per heavy atom. The second-order valence-corrected chi connectivity index (χ2v) is 16.9. The van der Waals surface area contributed by atoms with Crippen molar-refractivity contribution in [1.29, 1.82) is 0 Å². The summed E-state index contributed by atoms with van der Waals surface area (Å²) in [5.41, 5.74) is 22.2. The van der Waals surface area contributed by atoms with E-state index in [0.29, 0.717) is 5.92 Å². The quantitative estimate of drug-likeness (QED) is 0.157. The van der Waals surface area contributed by atoms with Gasteiger partial charge in [0.2, 0.25) is 0 Å². The molecule has 0 atom stereocenters. The highest BCUT2D eigenvalue weighted by Gasteiger charge is 2.45. The zero-order valence-electron chi connectivity index (χ0n) is 35.0. The van der Waals surface area contributed by atoms with Crippen LogP contribution in [-0.4, -0.2) is 6.71 Å². The van der Waals surface area contributed by atoms with Crippen molar-refractivity contribution in [2.75, 3.05) is 14.7 Å². The number of rotatable bonds is 6. The fourth-order valence-electron chi connectivity index (χ4n) is 10.2. The molecule has 2 aliphatic rings. The molecule has 4 nitrogen and oxygen atoms in total. The van der Waals surface area contributed by atoms with E-state index >= 15 is 0 Å². The van der Waals surface area contributed by atoms with E-state index in [0.717, 1.165) is 39.0 Å². The van der Waals surface area contributed by atoms with Crippen molar-refractivity contribution in [3.8, 4) is 0 Å². The molecule has 8 aromatic carbocycles. The van der Waals surface area contributed by atoms with Gasteiger partial charge in [0.25, 0.3) is 6.71 Å². The van der Waals surface area contributed by atoms with Gasteiger partial charge in [-0.25, -0.2) is 0 Å². The molecule has 1 aromatic heterocycles. The number of hydrogen-bond donors (Lipinski definition) is 0. The molecule has 2 aliphatic heterocycles. The third kappa shape index (κ3) is 5.31. The summed E-state index contributed by atoms with van der Waals surface area (Å²) in [6, 6.07) is 60.2. The molecule has 3 heterocycles. The van der Waals surface area contributed by atoms with Crippen LogP contribution in [0, 0.1) is 27.7 Å². The number of benzene rings is 8. The molecular formula is C55H46BN3O. The van der Waals surface area contributed by atoms with Gasteiger partial charge in [0.1, 0.15) is 5.58 Å². The Labute approximate surface area is 353 Å². The van der Waals surface area contributed by atoms with Crippen LogP contribution in [0.1, 0.15) is 47.6 Å². The Morgan fingerprint density at radius 1 is 0.467 bits per heavy atom. The van der Waals surface area contributed by atoms with Gasteiger partial charge < -0.3 is 19.1 Å². The maximum Gasteiger partial charge on any atom is 0.252 e. The number of fused-ring (bicyclic) bond motifs is 7. The van der Waals surface area contributed by atoms with Crippen LogP contribution in [0.15, 0.2) is 168 Å². The summed E-state index contributed by atoms with van der Waals surface area (Å²) in [6.07, 6.45) is 0. The van der Waals surface area contributed by atoms with Gasteiger partial charge in [-0.15, -0.1) is 0 Å². The largest absolute Gasteiger partial charge is 0.454 e. The van der Waals surface area contributed by atoms with Crippen molar-refractivity contribution < 1.29 is 4.42 Å². The number of hydrogen-bond acceptors (Lipinski definition) is 4. The number of anilines is 9. The molecule has 0 fully saturated rings. The van der Waals surface area contributed by atoms with E-state index in [4.69, 9.17) is 4.42 Å².